The summed E-state index contributed by atoms with van der Waals surface area (Å²) in [5, 5.41) is 0. The molecule has 0 aromatic carbocycles. The van der Waals surface area contributed by atoms with Crippen LogP contribution in [0.4, 0.5) is 0 Å². The molecular weight excluding hydrogens is 158 g/mol. The van der Waals surface area contributed by atoms with Gasteiger partial charge >= 0.3 is 0 Å². The minimum atomic E-state index is 0.656. The van der Waals surface area contributed by atoms with Crippen molar-refractivity contribution in [2.24, 2.45) is 10.9 Å². The summed E-state index contributed by atoms with van der Waals surface area (Å²) < 4.78 is 0. The average Bonchev–Trinajstić information content (AvgIpc) is 2.02. The van der Waals surface area contributed by atoms with E-state index in [2.05, 4.69) is 37.6 Å². The fourth-order valence-electron chi connectivity index (χ4n) is 1.39. The lowest BCUT2D eigenvalue weighted by molar-refractivity contribution is 0.698. The lowest BCUT2D eigenvalue weighted by Crippen LogP contribution is -1.98. The molecule has 1 atom stereocenters. The Bertz CT molecular complexity index is 292. The molecule has 0 aliphatic heterocycles. The van der Waals surface area contributed by atoms with E-state index in [0.717, 1.165) is 17.7 Å². The predicted octanol–water partition coefficient (Wildman–Crippen LogP) is 3.50. The highest BCUT2D eigenvalue weighted by Gasteiger charge is 2.07. The normalized spacial score (nSPS) is 22.8. The summed E-state index contributed by atoms with van der Waals surface area (Å²) in [6.45, 7) is 10.1. The second kappa shape index (κ2) is 4.22. The van der Waals surface area contributed by atoms with Crippen LogP contribution in [-0.4, -0.2) is 6.21 Å². The number of hydrogen-bond acceptors (Lipinski definition) is 1. The van der Waals surface area contributed by atoms with Gasteiger partial charge in [-0.2, -0.15) is 0 Å². The molecule has 0 saturated heterocycles. The standard InChI is InChI=1S/C12H17N/c1-9(2)8-13-12-6-5-10(3)7-11(12)4/h5-6,8,10H,1,7H2,2-4H3. The average molecular weight is 175 g/mol. The van der Waals surface area contributed by atoms with Crippen LogP contribution in [-0.2, 0) is 0 Å². The number of nitrogens with zero attached hydrogens (tertiary/aromatic N) is 1. The maximum absolute atomic E-state index is 4.37. The van der Waals surface area contributed by atoms with Crippen molar-refractivity contribution < 1.29 is 0 Å². The molecule has 0 fully saturated rings. The van der Waals surface area contributed by atoms with Crippen LogP contribution >= 0.6 is 0 Å². The first kappa shape index (κ1) is 9.97. The third-order valence-electron chi connectivity index (χ3n) is 2.07. The molecule has 1 aliphatic rings. The Morgan fingerprint density at radius 2 is 2.38 bits per heavy atom. The van der Waals surface area contributed by atoms with Crippen molar-refractivity contribution in [2.75, 3.05) is 0 Å². The van der Waals surface area contributed by atoms with Crippen molar-refractivity contribution in [1.82, 2.24) is 0 Å². The van der Waals surface area contributed by atoms with Gasteiger partial charge in [0.25, 0.3) is 0 Å². The summed E-state index contributed by atoms with van der Waals surface area (Å²) in [7, 11) is 0. The highest BCUT2D eigenvalue weighted by molar-refractivity contribution is 5.78. The molecule has 1 rings (SSSR count). The molecule has 0 N–H and O–H groups in total. The molecule has 0 saturated carbocycles. The molecule has 0 heterocycles. The van der Waals surface area contributed by atoms with Crippen molar-refractivity contribution >= 4 is 6.21 Å². The van der Waals surface area contributed by atoms with Gasteiger partial charge in [0, 0.05) is 6.21 Å². The van der Waals surface area contributed by atoms with Crippen LogP contribution in [0.15, 0.2) is 40.6 Å². The van der Waals surface area contributed by atoms with E-state index in [1.807, 2.05) is 13.1 Å². The molecule has 1 unspecified atom stereocenters. The second-order valence-electron chi connectivity index (χ2n) is 3.81. The maximum atomic E-state index is 4.37. The van der Waals surface area contributed by atoms with E-state index in [9.17, 15) is 0 Å². The summed E-state index contributed by atoms with van der Waals surface area (Å²) in [6.07, 6.45) is 7.25. The molecule has 1 nitrogen and oxygen atoms in total. The van der Waals surface area contributed by atoms with Crippen LogP contribution in [0.1, 0.15) is 27.2 Å². The molecule has 0 radical (unpaired) electrons. The Kier molecular flexibility index (Phi) is 3.24. The topological polar surface area (TPSA) is 12.4 Å². The highest BCUT2D eigenvalue weighted by Crippen LogP contribution is 2.23. The van der Waals surface area contributed by atoms with Crippen molar-refractivity contribution in [3.63, 3.8) is 0 Å². The first-order valence-corrected chi connectivity index (χ1v) is 4.67. The van der Waals surface area contributed by atoms with E-state index >= 15 is 0 Å². The van der Waals surface area contributed by atoms with Gasteiger partial charge in [0.05, 0.1) is 5.70 Å². The van der Waals surface area contributed by atoms with Crippen LogP contribution in [0.5, 0.6) is 0 Å². The first-order valence-electron chi connectivity index (χ1n) is 4.67. The third-order valence-corrected chi connectivity index (χ3v) is 2.07. The van der Waals surface area contributed by atoms with Crippen LogP contribution in [0.3, 0.4) is 0 Å². The molecule has 70 valence electrons. The van der Waals surface area contributed by atoms with Gasteiger partial charge in [-0.3, -0.25) is 4.99 Å². The molecular formula is C12H17N. The van der Waals surface area contributed by atoms with Gasteiger partial charge in [-0.15, -0.1) is 0 Å². The number of allylic oxidation sites excluding steroid dienone is 4. The summed E-state index contributed by atoms with van der Waals surface area (Å²) in [5.41, 5.74) is 3.46. The minimum absolute atomic E-state index is 0.656. The molecule has 0 amide bonds. The van der Waals surface area contributed by atoms with Gasteiger partial charge in [-0.25, -0.2) is 0 Å². The molecule has 0 aromatic heterocycles. The van der Waals surface area contributed by atoms with Gasteiger partial charge in [0.1, 0.15) is 0 Å². The second-order valence-corrected chi connectivity index (χ2v) is 3.81. The smallest absolute Gasteiger partial charge is 0.0616 e. The van der Waals surface area contributed by atoms with Crippen molar-refractivity contribution in [3.8, 4) is 0 Å². The Hall–Kier alpha value is -1.11. The van der Waals surface area contributed by atoms with Crippen molar-refractivity contribution in [2.45, 2.75) is 27.2 Å². The largest absolute Gasteiger partial charge is 0.257 e. The van der Waals surface area contributed by atoms with Crippen molar-refractivity contribution in [3.05, 3.63) is 35.6 Å². The van der Waals surface area contributed by atoms with Crippen LogP contribution < -0.4 is 0 Å². The summed E-state index contributed by atoms with van der Waals surface area (Å²) >= 11 is 0. The zero-order valence-electron chi connectivity index (χ0n) is 8.67. The van der Waals surface area contributed by atoms with E-state index in [-0.39, 0.29) is 0 Å². The summed E-state index contributed by atoms with van der Waals surface area (Å²) in [4.78, 5) is 4.37. The number of aliphatic imine (C=N–C) groups is 1. The minimum Gasteiger partial charge on any atom is -0.257 e. The van der Waals surface area contributed by atoms with E-state index in [1.54, 1.807) is 0 Å². The molecule has 1 heteroatoms. The van der Waals surface area contributed by atoms with Crippen molar-refractivity contribution in [1.29, 1.82) is 0 Å². The van der Waals surface area contributed by atoms with Gasteiger partial charge in [-0.1, -0.05) is 19.6 Å². The van der Waals surface area contributed by atoms with E-state index in [1.165, 1.54) is 5.57 Å². The predicted molar refractivity (Wildman–Crippen MR) is 58.9 cm³/mol. The molecule has 13 heavy (non-hydrogen) atoms. The Balaban J connectivity index is 2.76. The van der Waals surface area contributed by atoms with Crippen LogP contribution in [0.2, 0.25) is 0 Å². The zero-order chi connectivity index (χ0) is 9.84. The fraction of sp³-hybridized carbons (Fsp3) is 0.417. The monoisotopic (exact) mass is 175 g/mol. The molecule has 1 aliphatic carbocycles. The number of rotatable bonds is 2. The van der Waals surface area contributed by atoms with E-state index in [4.69, 9.17) is 0 Å². The highest BCUT2D eigenvalue weighted by atomic mass is 14.7. The van der Waals surface area contributed by atoms with E-state index in [0.29, 0.717) is 5.92 Å². The van der Waals surface area contributed by atoms with Gasteiger partial charge in [0.2, 0.25) is 0 Å². The Morgan fingerprint density at radius 1 is 1.69 bits per heavy atom. The quantitative estimate of drug-likeness (QED) is 0.569. The third kappa shape index (κ3) is 3.02. The number of hydrogen-bond donors (Lipinski definition) is 0. The van der Waals surface area contributed by atoms with Crippen LogP contribution in [0, 0.1) is 5.92 Å². The van der Waals surface area contributed by atoms with Crippen LogP contribution in [0.25, 0.3) is 0 Å². The Morgan fingerprint density at radius 3 is 2.92 bits per heavy atom. The lowest BCUT2D eigenvalue weighted by Gasteiger charge is -2.13. The molecule has 0 spiro atoms. The molecule has 0 aromatic rings. The lowest BCUT2D eigenvalue weighted by atomic mass is 9.95. The van der Waals surface area contributed by atoms with Gasteiger partial charge < -0.3 is 0 Å². The first-order chi connectivity index (χ1) is 6.09. The zero-order valence-corrected chi connectivity index (χ0v) is 8.67. The van der Waals surface area contributed by atoms with Gasteiger partial charge in [0.15, 0.2) is 0 Å². The molecule has 0 bridgehead atoms. The summed E-state index contributed by atoms with van der Waals surface area (Å²) in [6, 6.07) is 0. The maximum Gasteiger partial charge on any atom is 0.0616 e. The SMILES string of the molecule is C=C(C)C=NC1=C(C)CC(C)C=C1. The Labute approximate surface area is 80.6 Å². The van der Waals surface area contributed by atoms with Gasteiger partial charge in [-0.05, 0) is 43.4 Å². The fourth-order valence-corrected chi connectivity index (χ4v) is 1.39. The van der Waals surface area contributed by atoms with E-state index < -0.39 is 0 Å². The summed E-state index contributed by atoms with van der Waals surface area (Å²) in [5.74, 6) is 0.656.